The van der Waals surface area contributed by atoms with Crippen molar-refractivity contribution in [2.75, 3.05) is 26.4 Å². The molecule has 27 heteroatoms. The summed E-state index contributed by atoms with van der Waals surface area (Å²) in [5, 5.41) is 0. The second kappa shape index (κ2) is 20.0. The summed E-state index contributed by atoms with van der Waals surface area (Å²) in [6.07, 6.45) is -52.3. The van der Waals surface area contributed by atoms with Crippen LogP contribution in [0.3, 0.4) is 0 Å². The molecule has 0 atom stereocenters. The molecule has 374 valence electrons. The van der Waals surface area contributed by atoms with Crippen LogP contribution in [0.25, 0.3) is 0 Å². The summed E-state index contributed by atoms with van der Waals surface area (Å²) >= 11 is 0. The molecule has 67 heavy (non-hydrogen) atoms. The van der Waals surface area contributed by atoms with Gasteiger partial charge in [0.15, 0.2) is 0 Å². The molecule has 0 spiro atoms. The highest BCUT2D eigenvalue weighted by atomic mass is 19.4. The second-order valence-electron chi connectivity index (χ2n) is 14.4. The number of benzene rings is 4. The number of rotatable bonds is 6. The number of halogens is 24. The lowest BCUT2D eigenvalue weighted by atomic mass is 9.12. The highest BCUT2D eigenvalue weighted by Crippen LogP contribution is 2.41. The summed E-state index contributed by atoms with van der Waals surface area (Å²) in [4.78, 5) is 0. The van der Waals surface area contributed by atoms with Gasteiger partial charge in [0.1, 0.15) is 19.4 Å². The lowest BCUT2D eigenvalue weighted by Crippen LogP contribution is -2.75. The topological polar surface area (TPSA) is 22.0 Å². The predicted molar refractivity (Wildman–Crippen MR) is 193 cm³/mol. The zero-order valence-corrected chi connectivity index (χ0v) is 33.7. The smallest absolute Gasteiger partial charge is 0.416 e. The summed E-state index contributed by atoms with van der Waals surface area (Å²) < 4.78 is 350. The van der Waals surface area contributed by atoms with E-state index in [0.717, 1.165) is 26.4 Å². The van der Waals surface area contributed by atoms with Crippen LogP contribution in [-0.2, 0) is 54.1 Å². The highest BCUT2D eigenvalue weighted by Gasteiger charge is 2.47. The molecule has 0 unspecified atom stereocenters. The Labute approximate surface area is 362 Å². The van der Waals surface area contributed by atoms with Crippen molar-refractivity contribution in [3.63, 3.8) is 0 Å². The normalized spacial score (nSPS) is 14.6. The fourth-order valence-electron chi connectivity index (χ4n) is 6.80. The van der Waals surface area contributed by atoms with E-state index in [0.29, 0.717) is 0 Å². The Morgan fingerprint density at radius 2 is 0.493 bits per heavy atom. The molecular weight excluding hydrogens is 979 g/mol. The molecule has 0 aromatic heterocycles. The van der Waals surface area contributed by atoms with E-state index in [9.17, 15) is 105 Å². The average molecular weight is 1010 g/mol. The molecule has 1 N–H and O–H groups in total. The molecule has 4 aromatic rings. The molecule has 0 saturated carbocycles. The molecule has 1 fully saturated rings. The van der Waals surface area contributed by atoms with Crippen molar-refractivity contribution < 1.29 is 115 Å². The van der Waals surface area contributed by atoms with Crippen LogP contribution in [0.15, 0.2) is 72.8 Å². The van der Waals surface area contributed by atoms with Gasteiger partial charge in [-0.1, -0.05) is 48.5 Å². The predicted octanol–water partition coefficient (Wildman–Crippen LogP) is 12.6. The van der Waals surface area contributed by atoms with Gasteiger partial charge in [-0.05, 0) is 37.1 Å². The minimum absolute atomic E-state index is 0.691. The van der Waals surface area contributed by atoms with Crippen molar-refractivity contribution in [2.45, 2.75) is 76.1 Å². The lowest BCUT2D eigenvalue weighted by molar-refractivity contribution is -0.144. The van der Waals surface area contributed by atoms with Gasteiger partial charge >= 0.3 is 49.4 Å². The van der Waals surface area contributed by atoms with Crippen LogP contribution in [0.1, 0.15) is 71.2 Å². The summed E-state index contributed by atoms with van der Waals surface area (Å²) in [7, 11) is 0. The first kappa shape index (κ1) is 56.5. The van der Waals surface area contributed by atoms with Gasteiger partial charge in [0.05, 0.1) is 44.5 Å². The summed E-state index contributed by atoms with van der Waals surface area (Å²) in [5.74, 6) is 0. The molecular formula is C40H31BF24O2. The van der Waals surface area contributed by atoms with Crippen molar-refractivity contribution >= 4 is 28.0 Å². The molecule has 0 bridgehead atoms. The molecule has 0 aliphatic carbocycles. The van der Waals surface area contributed by atoms with E-state index in [1.807, 2.05) is 13.8 Å². The van der Waals surface area contributed by atoms with Crippen molar-refractivity contribution in [1.29, 1.82) is 0 Å². The van der Waals surface area contributed by atoms with Crippen LogP contribution in [0.4, 0.5) is 105 Å². The third kappa shape index (κ3) is 14.4. The molecule has 4 aromatic carbocycles. The molecule has 0 amide bonds. The van der Waals surface area contributed by atoms with Gasteiger partial charge < -0.3 is 9.47 Å². The van der Waals surface area contributed by atoms with E-state index >= 15 is 0 Å². The third-order valence-electron chi connectivity index (χ3n) is 9.71. The zero-order chi connectivity index (χ0) is 51.6. The van der Waals surface area contributed by atoms with Crippen molar-refractivity contribution in [3.8, 4) is 0 Å². The van der Waals surface area contributed by atoms with Crippen molar-refractivity contribution in [2.24, 2.45) is 0 Å². The van der Waals surface area contributed by atoms with Crippen LogP contribution in [-0.4, -0.2) is 37.3 Å². The number of aliphatic hydroxyl groups is 2. The second-order valence-corrected chi connectivity index (χ2v) is 14.4. The van der Waals surface area contributed by atoms with E-state index in [4.69, 9.17) is 4.74 Å². The van der Waals surface area contributed by atoms with E-state index in [2.05, 4.69) is 4.74 Å². The molecule has 1 heterocycles. The van der Waals surface area contributed by atoms with Crippen LogP contribution in [0, 0.1) is 0 Å². The summed E-state index contributed by atoms with van der Waals surface area (Å²) in [6, 6.07) is -8.81. The van der Waals surface area contributed by atoms with E-state index < -0.39 is 195 Å². The molecule has 1 aliphatic rings. The van der Waals surface area contributed by atoms with Gasteiger partial charge in [-0.15, -0.1) is 0 Å². The van der Waals surface area contributed by atoms with Crippen molar-refractivity contribution in [1.82, 2.24) is 0 Å². The van der Waals surface area contributed by atoms with E-state index in [-0.39, 0.29) is 0 Å². The fourth-order valence-corrected chi connectivity index (χ4v) is 6.80. The number of hydrogen-bond acceptors (Lipinski definition) is 1. The van der Waals surface area contributed by atoms with Gasteiger partial charge in [-0.3, -0.25) is 0 Å². The van der Waals surface area contributed by atoms with Gasteiger partial charge in [0.2, 0.25) is 0 Å². The monoisotopic (exact) mass is 1010 g/mol. The van der Waals surface area contributed by atoms with Crippen LogP contribution in [0.5, 0.6) is 0 Å². The van der Waals surface area contributed by atoms with Crippen LogP contribution >= 0.6 is 0 Å². The SMILES string of the molecule is C1CCOC1.CC[OH+]CC.FC(F)(F)c1cc([B-](c2cc(C(F)(F)F)cc(C(F)(F)F)c2)(c2cc(C(F)(F)F)cc(C(F)(F)F)c2)c2cc(C(F)(F)F)cc(C(F)(F)F)c2)cc(C(F)(F)F)c1. The molecule has 5 rings (SSSR count). The Morgan fingerprint density at radius 1 is 0.328 bits per heavy atom. The maximum atomic E-state index is 14.2. The van der Waals surface area contributed by atoms with Gasteiger partial charge in [-0.25, -0.2) is 0 Å². The molecule has 0 radical (unpaired) electrons. The molecule has 1 saturated heterocycles. The standard InChI is InChI=1S/C32H12BF24.C4H8O.C4H10O/c34-25(35,36)13-1-14(26(37,38)39)6-21(5-13)33(22-7-15(27(40,41)42)2-16(8-22)28(43,44)45,23-9-17(29(46,47)48)3-18(10-23)30(49,50)51)24-11-19(31(52,53)54)4-20(12-24)32(55,56)57;1-2-4-5-3-1;1-3-5-4-2/h1-12H;1-4H2;3-4H2,1-2H3/q-1;;/p+1. The van der Waals surface area contributed by atoms with Crippen molar-refractivity contribution in [3.05, 3.63) is 117 Å². The maximum Gasteiger partial charge on any atom is 0.416 e. The molecule has 2 nitrogen and oxygen atoms in total. The lowest BCUT2D eigenvalue weighted by Gasteiger charge is -2.46. The van der Waals surface area contributed by atoms with Crippen LogP contribution < -0.4 is 21.9 Å². The number of hydrogen-bond donors (Lipinski definition) is 0. The van der Waals surface area contributed by atoms with Gasteiger partial charge in [0, 0.05) is 27.1 Å². The fraction of sp³-hybridized carbons (Fsp3) is 0.400. The largest absolute Gasteiger partial charge is 0.434 e. The Hall–Kier alpha value is -4.82. The first-order chi connectivity index (χ1) is 30.2. The van der Waals surface area contributed by atoms with Gasteiger partial charge in [-0.2, -0.15) is 127 Å². The number of ether oxygens (including phenoxy) is 2. The Balaban J connectivity index is 0.00000106. The van der Waals surface area contributed by atoms with Gasteiger partial charge in [0.25, 0.3) is 0 Å². The summed E-state index contributed by atoms with van der Waals surface area (Å²) in [5.41, 5.74) is -30.2. The van der Waals surface area contributed by atoms with E-state index in [1.54, 1.807) is 0 Å². The Morgan fingerprint density at radius 3 is 0.582 bits per heavy atom. The summed E-state index contributed by atoms with van der Waals surface area (Å²) in [6.45, 7) is 8.03. The maximum absolute atomic E-state index is 14.2. The first-order valence-electron chi connectivity index (χ1n) is 18.7. The minimum atomic E-state index is -6.13. The molecule has 1 aliphatic heterocycles. The first-order valence-corrected chi connectivity index (χ1v) is 18.7. The van der Waals surface area contributed by atoms with Crippen LogP contribution in [0.2, 0.25) is 0 Å². The minimum Gasteiger partial charge on any atom is -0.434 e. The Bertz CT molecular complexity index is 1840. The Kier molecular flexibility index (Phi) is 16.9. The van der Waals surface area contributed by atoms with E-state index in [1.165, 1.54) is 12.8 Å². The third-order valence-corrected chi connectivity index (χ3v) is 9.71. The number of alkyl halides is 24. The average Bonchev–Trinajstić information content (AvgIpc) is 3.77. The zero-order valence-electron chi connectivity index (χ0n) is 33.7. The highest BCUT2D eigenvalue weighted by molar-refractivity contribution is 7.20. The quantitative estimate of drug-likeness (QED) is 0.107.